The lowest BCUT2D eigenvalue weighted by Gasteiger charge is -2.38. The summed E-state index contributed by atoms with van der Waals surface area (Å²) in [6.45, 7) is 3.63. The van der Waals surface area contributed by atoms with Crippen LogP contribution in [0.3, 0.4) is 0 Å². The number of amides is 1. The van der Waals surface area contributed by atoms with Crippen LogP contribution in [0.25, 0.3) is 0 Å². The molecule has 0 saturated carbocycles. The highest BCUT2D eigenvalue weighted by Gasteiger charge is 2.35. The Morgan fingerprint density at radius 1 is 1.09 bits per heavy atom. The Hall–Kier alpha value is -3.85. The smallest absolute Gasteiger partial charge is 0.257 e. The molecule has 1 aromatic heterocycles. The summed E-state index contributed by atoms with van der Waals surface area (Å²) >= 11 is 5.72. The number of thiocarbonyl (C=S) groups is 1. The van der Waals surface area contributed by atoms with Crippen molar-refractivity contribution in [3.05, 3.63) is 77.2 Å². The van der Waals surface area contributed by atoms with Gasteiger partial charge < -0.3 is 24.6 Å². The molecule has 2 aromatic carbocycles. The molecule has 170 valence electrons. The SMILES string of the molecule is COc1cc(OC)cc([C@H]2NC(=S)N(c3ccccc3)C(C)=C2C(=O)Nc2cc(C)on2)c1. The fraction of sp³-hybridized carbons (Fsp3) is 0.208. The highest BCUT2D eigenvalue weighted by molar-refractivity contribution is 7.80. The summed E-state index contributed by atoms with van der Waals surface area (Å²) in [6, 6.07) is 16.2. The second-order valence-electron chi connectivity index (χ2n) is 7.48. The maximum Gasteiger partial charge on any atom is 0.257 e. The maximum absolute atomic E-state index is 13.5. The second-order valence-corrected chi connectivity index (χ2v) is 7.86. The zero-order chi connectivity index (χ0) is 23.5. The second kappa shape index (κ2) is 9.33. The summed E-state index contributed by atoms with van der Waals surface area (Å²) in [5.74, 6) is 1.81. The number of para-hydroxylation sites is 1. The summed E-state index contributed by atoms with van der Waals surface area (Å²) in [5.41, 5.74) is 2.77. The molecule has 0 unspecified atom stereocenters. The molecule has 1 aliphatic rings. The first kappa shape index (κ1) is 22.3. The van der Waals surface area contributed by atoms with Gasteiger partial charge in [0.2, 0.25) is 0 Å². The predicted octanol–water partition coefficient (Wildman–Crippen LogP) is 4.35. The molecule has 1 atom stereocenters. The van der Waals surface area contributed by atoms with Gasteiger partial charge in [0.05, 0.1) is 25.8 Å². The van der Waals surface area contributed by atoms with E-state index in [0.29, 0.717) is 39.5 Å². The highest BCUT2D eigenvalue weighted by atomic mass is 32.1. The van der Waals surface area contributed by atoms with Crippen LogP contribution in [0.4, 0.5) is 11.5 Å². The van der Waals surface area contributed by atoms with E-state index in [0.717, 1.165) is 11.3 Å². The molecule has 0 spiro atoms. The van der Waals surface area contributed by atoms with E-state index in [-0.39, 0.29) is 5.91 Å². The monoisotopic (exact) mass is 464 g/mol. The van der Waals surface area contributed by atoms with E-state index in [9.17, 15) is 4.79 Å². The van der Waals surface area contributed by atoms with Crippen molar-refractivity contribution in [1.82, 2.24) is 10.5 Å². The molecule has 0 aliphatic carbocycles. The Morgan fingerprint density at radius 3 is 2.33 bits per heavy atom. The first-order valence-electron chi connectivity index (χ1n) is 10.3. The molecule has 0 fully saturated rings. The Kier molecular flexibility index (Phi) is 6.32. The third-order valence-electron chi connectivity index (χ3n) is 5.32. The molecule has 3 aromatic rings. The summed E-state index contributed by atoms with van der Waals surface area (Å²) in [4.78, 5) is 15.4. The van der Waals surface area contributed by atoms with Crippen molar-refractivity contribution in [2.24, 2.45) is 0 Å². The number of anilines is 2. The number of nitrogens with zero attached hydrogens (tertiary/aromatic N) is 2. The number of hydrogen-bond acceptors (Lipinski definition) is 6. The van der Waals surface area contributed by atoms with Crippen LogP contribution in [-0.4, -0.2) is 30.4 Å². The van der Waals surface area contributed by atoms with Gasteiger partial charge in [-0.3, -0.25) is 9.69 Å². The van der Waals surface area contributed by atoms with Crippen LogP contribution in [-0.2, 0) is 4.79 Å². The van der Waals surface area contributed by atoms with Crippen molar-refractivity contribution in [1.29, 1.82) is 0 Å². The maximum atomic E-state index is 13.5. The van der Waals surface area contributed by atoms with E-state index >= 15 is 0 Å². The van der Waals surface area contributed by atoms with Crippen LogP contribution in [0.1, 0.15) is 24.3 Å². The topological polar surface area (TPSA) is 88.9 Å². The number of benzene rings is 2. The van der Waals surface area contributed by atoms with E-state index in [1.54, 1.807) is 33.3 Å². The number of aromatic nitrogens is 1. The molecular weight excluding hydrogens is 440 g/mol. The highest BCUT2D eigenvalue weighted by Crippen LogP contribution is 2.36. The summed E-state index contributed by atoms with van der Waals surface area (Å²) in [7, 11) is 3.16. The van der Waals surface area contributed by atoms with Gasteiger partial charge in [-0.05, 0) is 55.9 Å². The van der Waals surface area contributed by atoms with Gasteiger partial charge in [-0.25, -0.2) is 0 Å². The third-order valence-corrected chi connectivity index (χ3v) is 5.62. The van der Waals surface area contributed by atoms with Gasteiger partial charge in [0.1, 0.15) is 17.3 Å². The van der Waals surface area contributed by atoms with E-state index in [4.69, 9.17) is 26.2 Å². The largest absolute Gasteiger partial charge is 0.497 e. The molecular formula is C24H24N4O4S. The number of carbonyl (C=O) groups excluding carboxylic acids is 1. The van der Waals surface area contributed by atoms with Crippen LogP contribution in [0, 0.1) is 6.92 Å². The number of rotatable bonds is 6. The van der Waals surface area contributed by atoms with E-state index in [1.165, 1.54) is 0 Å². The number of nitrogens with one attached hydrogen (secondary N) is 2. The standard InChI is InChI=1S/C24H24N4O4S/c1-14-10-20(27-32-14)25-23(29)21-15(2)28(17-8-6-5-7-9-17)24(33)26-22(21)16-11-18(30-3)13-19(12-16)31-4/h5-13,22H,1-4H3,(H,26,33)(H,25,27,29)/t22-/m1/s1. The van der Waals surface area contributed by atoms with Crippen LogP contribution in [0.2, 0.25) is 0 Å². The molecule has 2 N–H and O–H groups in total. The van der Waals surface area contributed by atoms with Crippen molar-refractivity contribution in [2.75, 3.05) is 24.4 Å². The van der Waals surface area contributed by atoms with Crippen molar-refractivity contribution in [3.63, 3.8) is 0 Å². The molecule has 1 aliphatic heterocycles. The van der Waals surface area contributed by atoms with Gasteiger partial charge in [0.25, 0.3) is 5.91 Å². The molecule has 0 radical (unpaired) electrons. The van der Waals surface area contributed by atoms with Crippen molar-refractivity contribution >= 4 is 34.7 Å². The molecule has 2 heterocycles. The fourth-order valence-corrected chi connectivity index (χ4v) is 4.14. The minimum absolute atomic E-state index is 0.330. The van der Waals surface area contributed by atoms with Crippen LogP contribution in [0.5, 0.6) is 11.5 Å². The van der Waals surface area contributed by atoms with Crippen LogP contribution < -0.4 is 25.0 Å². The molecule has 0 bridgehead atoms. The molecule has 4 rings (SSSR count). The number of hydrogen-bond donors (Lipinski definition) is 2. The van der Waals surface area contributed by atoms with Gasteiger partial charge in [0, 0.05) is 23.5 Å². The molecule has 9 heteroatoms. The minimum Gasteiger partial charge on any atom is -0.497 e. The lowest BCUT2D eigenvalue weighted by molar-refractivity contribution is -0.113. The minimum atomic E-state index is -0.547. The fourth-order valence-electron chi connectivity index (χ4n) is 3.78. The molecule has 33 heavy (non-hydrogen) atoms. The van der Waals surface area contributed by atoms with Gasteiger partial charge in [-0.1, -0.05) is 23.4 Å². The molecule has 1 amide bonds. The summed E-state index contributed by atoms with van der Waals surface area (Å²) in [5, 5.41) is 10.5. The van der Waals surface area contributed by atoms with Gasteiger partial charge in [-0.2, -0.15) is 0 Å². The van der Waals surface area contributed by atoms with Crippen LogP contribution in [0.15, 0.2) is 70.4 Å². The molecule has 0 saturated heterocycles. The number of aryl methyl sites for hydroxylation is 1. The Balaban J connectivity index is 1.84. The summed E-state index contributed by atoms with van der Waals surface area (Å²) in [6.07, 6.45) is 0. The Labute approximate surface area is 197 Å². The van der Waals surface area contributed by atoms with Gasteiger partial charge in [-0.15, -0.1) is 0 Å². The Morgan fingerprint density at radius 2 is 1.76 bits per heavy atom. The first-order chi connectivity index (χ1) is 15.9. The number of carbonyl (C=O) groups is 1. The van der Waals surface area contributed by atoms with Crippen molar-refractivity contribution < 1.29 is 18.8 Å². The van der Waals surface area contributed by atoms with E-state index in [1.807, 2.05) is 54.3 Å². The summed E-state index contributed by atoms with van der Waals surface area (Å²) < 4.78 is 16.0. The van der Waals surface area contributed by atoms with E-state index < -0.39 is 6.04 Å². The predicted molar refractivity (Wildman–Crippen MR) is 130 cm³/mol. The van der Waals surface area contributed by atoms with Crippen LogP contribution >= 0.6 is 12.2 Å². The quantitative estimate of drug-likeness (QED) is 0.521. The lowest BCUT2D eigenvalue weighted by atomic mass is 9.93. The average Bonchev–Trinajstić information content (AvgIpc) is 3.23. The normalized spacial score (nSPS) is 15.8. The van der Waals surface area contributed by atoms with Gasteiger partial charge in [0.15, 0.2) is 10.9 Å². The average molecular weight is 465 g/mol. The Bertz CT molecular complexity index is 1200. The van der Waals surface area contributed by atoms with Crippen molar-refractivity contribution in [2.45, 2.75) is 19.9 Å². The van der Waals surface area contributed by atoms with Gasteiger partial charge >= 0.3 is 0 Å². The number of methoxy groups -OCH3 is 2. The number of ether oxygens (including phenoxy) is 2. The third kappa shape index (κ3) is 4.54. The number of allylic oxidation sites excluding steroid dienone is 1. The zero-order valence-corrected chi connectivity index (χ0v) is 19.5. The van der Waals surface area contributed by atoms with Crippen molar-refractivity contribution in [3.8, 4) is 11.5 Å². The first-order valence-corrected chi connectivity index (χ1v) is 10.7. The zero-order valence-electron chi connectivity index (χ0n) is 18.7. The molecule has 8 nitrogen and oxygen atoms in total. The van der Waals surface area contributed by atoms with E-state index in [2.05, 4.69) is 15.8 Å². The lowest BCUT2D eigenvalue weighted by Crippen LogP contribution is -2.48.